The molecule has 2 heterocycles. The van der Waals surface area contributed by atoms with Gasteiger partial charge in [-0.3, -0.25) is 4.79 Å². The molecule has 2 aromatic rings. The molecule has 26 heavy (non-hydrogen) atoms. The molecule has 126 valence electrons. The predicted octanol–water partition coefficient (Wildman–Crippen LogP) is 3.62. The molecule has 0 radical (unpaired) electrons. The number of ketones is 1. The molecule has 0 amide bonds. The van der Waals surface area contributed by atoms with Crippen LogP contribution in [0.2, 0.25) is 0 Å². The number of hydrogen-bond donors (Lipinski definition) is 0. The van der Waals surface area contributed by atoms with Gasteiger partial charge in [0.2, 0.25) is 0 Å². The summed E-state index contributed by atoms with van der Waals surface area (Å²) in [5.41, 5.74) is 3.17. The van der Waals surface area contributed by atoms with Crippen molar-refractivity contribution in [2.45, 2.75) is 5.25 Å². The molecule has 1 aliphatic carbocycles. The van der Waals surface area contributed by atoms with Crippen molar-refractivity contribution in [2.24, 2.45) is 10.9 Å². The number of rotatable bonds is 1. The number of allylic oxidation sites excluding steroid dienone is 5. The number of thioether (sulfide) groups is 1. The van der Waals surface area contributed by atoms with Crippen molar-refractivity contribution in [2.75, 3.05) is 0 Å². The molecule has 0 saturated carbocycles. The first-order valence-electron chi connectivity index (χ1n) is 8.44. The second kappa shape index (κ2) is 5.92. The molecule has 5 rings (SSSR count). The maximum atomic E-state index is 13.8. The van der Waals surface area contributed by atoms with E-state index < -0.39 is 0 Å². The number of carbonyl (C=O) groups excluding carboxylic acids is 1. The highest BCUT2D eigenvalue weighted by Gasteiger charge is 2.38. The summed E-state index contributed by atoms with van der Waals surface area (Å²) in [4.78, 5) is 18.2. The summed E-state index contributed by atoms with van der Waals surface area (Å²) in [6.45, 7) is 0. The van der Waals surface area contributed by atoms with E-state index in [9.17, 15) is 9.18 Å². The molecule has 0 saturated heterocycles. The minimum Gasteiger partial charge on any atom is -0.293 e. The summed E-state index contributed by atoms with van der Waals surface area (Å²) in [7, 11) is 0. The number of Topliss-reactive ketones (excluding diaryl/α,β-unsaturated/α-hetero) is 1. The Kier molecular flexibility index (Phi) is 3.54. The third kappa shape index (κ3) is 2.33. The van der Waals surface area contributed by atoms with E-state index in [2.05, 4.69) is 4.99 Å². The fourth-order valence-electron chi connectivity index (χ4n) is 3.78. The number of hydrogen-bond acceptors (Lipinski definition) is 3. The van der Waals surface area contributed by atoms with Crippen molar-refractivity contribution in [3.05, 3.63) is 105 Å². The van der Waals surface area contributed by atoms with E-state index in [-0.39, 0.29) is 22.8 Å². The standard InChI is InChI=1S/C22H14FNOS/c23-15-5-3-4-14(12-15)22-19-13(10-11-26-22)8-9-18-20(21(19)25)16-6-1-2-7-17(16)24-18/h1-12,19,22H. The molecule has 0 bridgehead atoms. The Bertz CT molecular complexity index is 1160. The molecule has 2 atom stereocenters. The van der Waals surface area contributed by atoms with Crippen LogP contribution in [0.5, 0.6) is 0 Å². The van der Waals surface area contributed by atoms with Crippen molar-refractivity contribution in [1.29, 1.82) is 0 Å². The van der Waals surface area contributed by atoms with Crippen molar-refractivity contribution >= 4 is 23.1 Å². The summed E-state index contributed by atoms with van der Waals surface area (Å²) in [5.74, 6) is -0.575. The molecular weight excluding hydrogens is 345 g/mol. The first kappa shape index (κ1) is 15.5. The molecule has 0 N–H and O–H groups in total. The van der Waals surface area contributed by atoms with Gasteiger partial charge < -0.3 is 0 Å². The van der Waals surface area contributed by atoms with Crippen LogP contribution in [0.15, 0.2) is 88.4 Å². The monoisotopic (exact) mass is 359 g/mol. The van der Waals surface area contributed by atoms with Gasteiger partial charge in [0.15, 0.2) is 5.78 Å². The smallest absolute Gasteiger partial charge is 0.174 e. The largest absolute Gasteiger partial charge is 0.293 e. The van der Waals surface area contributed by atoms with Crippen molar-refractivity contribution in [1.82, 2.24) is 0 Å². The molecule has 2 aliphatic heterocycles. The van der Waals surface area contributed by atoms with E-state index in [0.29, 0.717) is 5.57 Å². The summed E-state index contributed by atoms with van der Waals surface area (Å²) in [6.07, 6.45) is 5.88. The van der Waals surface area contributed by atoms with Gasteiger partial charge in [-0.15, -0.1) is 11.8 Å². The molecule has 4 heteroatoms. The SMILES string of the molecule is O=C1C2=c3ccccc3=NC2=CC=C2C=CSC(c3cccc(F)c3)C12. The topological polar surface area (TPSA) is 29.4 Å². The predicted molar refractivity (Wildman–Crippen MR) is 101 cm³/mol. The van der Waals surface area contributed by atoms with Gasteiger partial charge in [-0.25, -0.2) is 9.38 Å². The van der Waals surface area contributed by atoms with Gasteiger partial charge in [0.25, 0.3) is 0 Å². The van der Waals surface area contributed by atoms with Gasteiger partial charge in [0.1, 0.15) is 5.82 Å². The van der Waals surface area contributed by atoms with Crippen LogP contribution in [0.4, 0.5) is 4.39 Å². The second-order valence-electron chi connectivity index (χ2n) is 6.48. The lowest BCUT2D eigenvalue weighted by molar-refractivity contribution is -0.116. The van der Waals surface area contributed by atoms with Crippen molar-refractivity contribution in [3.63, 3.8) is 0 Å². The lowest BCUT2D eigenvalue weighted by atomic mass is 9.84. The fourth-order valence-corrected chi connectivity index (χ4v) is 4.93. The van der Waals surface area contributed by atoms with Gasteiger partial charge in [-0.1, -0.05) is 42.5 Å². The van der Waals surface area contributed by atoms with Gasteiger partial charge in [-0.05, 0) is 40.8 Å². The third-order valence-corrected chi connectivity index (χ3v) is 6.09. The van der Waals surface area contributed by atoms with E-state index in [1.807, 2.05) is 54.0 Å². The van der Waals surface area contributed by atoms with E-state index in [4.69, 9.17) is 0 Å². The van der Waals surface area contributed by atoms with Crippen LogP contribution in [0.3, 0.4) is 0 Å². The molecule has 0 aromatic heterocycles. The first-order valence-corrected chi connectivity index (χ1v) is 9.39. The maximum absolute atomic E-state index is 13.8. The highest BCUT2D eigenvalue weighted by atomic mass is 32.2. The van der Waals surface area contributed by atoms with E-state index in [0.717, 1.165) is 27.4 Å². The zero-order chi connectivity index (χ0) is 17.7. The summed E-state index contributed by atoms with van der Waals surface area (Å²) < 4.78 is 13.8. The molecular formula is C22H14FNOS. The molecule has 2 aromatic carbocycles. The minimum absolute atomic E-state index is 0.0554. The summed E-state index contributed by atoms with van der Waals surface area (Å²) >= 11 is 1.56. The molecule has 3 aliphatic rings. The average Bonchev–Trinajstić information content (AvgIpc) is 2.97. The first-order chi connectivity index (χ1) is 12.7. The highest BCUT2D eigenvalue weighted by Crippen LogP contribution is 2.47. The van der Waals surface area contributed by atoms with E-state index in [1.165, 1.54) is 12.1 Å². The molecule has 2 unspecified atom stereocenters. The quantitative estimate of drug-likeness (QED) is 0.778. The Balaban J connectivity index is 1.71. The second-order valence-corrected chi connectivity index (χ2v) is 7.53. The van der Waals surface area contributed by atoms with Gasteiger partial charge in [0, 0.05) is 10.5 Å². The van der Waals surface area contributed by atoms with Crippen molar-refractivity contribution < 1.29 is 9.18 Å². The number of para-hydroxylation sites is 1. The summed E-state index contributed by atoms with van der Waals surface area (Å²) in [6, 6.07) is 14.3. The van der Waals surface area contributed by atoms with Crippen LogP contribution >= 0.6 is 11.8 Å². The minimum atomic E-state index is -0.350. The van der Waals surface area contributed by atoms with Gasteiger partial charge >= 0.3 is 0 Å². The maximum Gasteiger partial charge on any atom is 0.174 e. The zero-order valence-electron chi connectivity index (χ0n) is 13.7. The lowest BCUT2D eigenvalue weighted by Gasteiger charge is -2.29. The lowest BCUT2D eigenvalue weighted by Crippen LogP contribution is -2.30. The molecule has 2 nitrogen and oxygen atoms in total. The average molecular weight is 359 g/mol. The van der Waals surface area contributed by atoms with Crippen LogP contribution in [0, 0.1) is 11.7 Å². The number of nitrogens with zero attached hydrogens (tertiary/aromatic N) is 1. The van der Waals surface area contributed by atoms with E-state index >= 15 is 0 Å². The van der Waals surface area contributed by atoms with Crippen molar-refractivity contribution in [3.8, 4) is 0 Å². The normalized spacial score (nSPS) is 23.3. The Morgan fingerprint density at radius 2 is 1.92 bits per heavy atom. The number of benzene rings is 2. The molecule has 0 spiro atoms. The zero-order valence-corrected chi connectivity index (χ0v) is 14.5. The Labute approximate surface area is 154 Å². The van der Waals surface area contributed by atoms with Crippen LogP contribution in [0.1, 0.15) is 10.8 Å². The summed E-state index contributed by atoms with van der Waals surface area (Å²) in [5, 5.41) is 3.55. The Morgan fingerprint density at radius 1 is 1.04 bits per heavy atom. The number of halogens is 1. The number of carbonyl (C=O) groups is 1. The fraction of sp³-hybridized carbons (Fsp3) is 0.0909. The Hall–Kier alpha value is -2.72. The van der Waals surface area contributed by atoms with Gasteiger partial charge in [0.05, 0.1) is 22.5 Å². The molecule has 0 fully saturated rings. The Morgan fingerprint density at radius 3 is 2.81 bits per heavy atom. The highest BCUT2D eigenvalue weighted by molar-refractivity contribution is 8.02. The van der Waals surface area contributed by atoms with Crippen LogP contribution in [-0.4, -0.2) is 5.78 Å². The number of fused-ring (bicyclic) bond motifs is 3. The van der Waals surface area contributed by atoms with Crippen LogP contribution in [0.25, 0.3) is 5.57 Å². The third-order valence-electron chi connectivity index (χ3n) is 4.96. The van der Waals surface area contributed by atoms with Gasteiger partial charge in [-0.2, -0.15) is 0 Å². The van der Waals surface area contributed by atoms with Crippen LogP contribution < -0.4 is 10.6 Å². The van der Waals surface area contributed by atoms with Crippen LogP contribution in [-0.2, 0) is 4.79 Å². The van der Waals surface area contributed by atoms with E-state index in [1.54, 1.807) is 17.8 Å².